The van der Waals surface area contributed by atoms with Gasteiger partial charge < -0.3 is 10.1 Å². The van der Waals surface area contributed by atoms with Crippen LogP contribution in [0.1, 0.15) is 32.4 Å². The Kier molecular flexibility index (Phi) is 2.76. The van der Waals surface area contributed by atoms with Crippen LogP contribution >= 0.6 is 0 Å². The Morgan fingerprint density at radius 1 is 1.44 bits per heavy atom. The molecule has 0 saturated carbocycles. The Morgan fingerprint density at radius 2 is 2.12 bits per heavy atom. The summed E-state index contributed by atoms with van der Waals surface area (Å²) in [6.45, 7) is 11.0. The van der Waals surface area contributed by atoms with Crippen LogP contribution in [0.2, 0.25) is 0 Å². The first-order valence-corrected chi connectivity index (χ1v) is 5.66. The Balaban J connectivity index is 2.24. The second-order valence-corrected chi connectivity index (χ2v) is 5.01. The normalized spacial score (nSPS) is 21.3. The molecule has 2 heteroatoms. The molecule has 0 bridgehead atoms. The number of benzene rings is 1. The molecular formula is C14H19NO. The molecule has 0 spiro atoms. The maximum absolute atomic E-state index is 5.95. The molecule has 16 heavy (non-hydrogen) atoms. The Labute approximate surface area is 97.3 Å². The average Bonchev–Trinajstić information content (AvgIpc) is 2.44. The molecule has 2 rings (SSSR count). The van der Waals surface area contributed by atoms with Crippen LogP contribution in [0.4, 0.5) is 0 Å². The predicted molar refractivity (Wildman–Crippen MR) is 66.7 cm³/mol. The highest BCUT2D eigenvalue weighted by Gasteiger charge is 2.40. The van der Waals surface area contributed by atoms with Gasteiger partial charge in [0.25, 0.3) is 0 Å². The van der Waals surface area contributed by atoms with Gasteiger partial charge in [-0.15, -0.1) is 0 Å². The molecule has 1 heterocycles. The van der Waals surface area contributed by atoms with E-state index in [0.29, 0.717) is 0 Å². The highest BCUT2D eigenvalue weighted by atomic mass is 16.5. The van der Waals surface area contributed by atoms with Gasteiger partial charge in [-0.1, -0.05) is 30.4 Å². The van der Waals surface area contributed by atoms with E-state index in [9.17, 15) is 0 Å². The van der Waals surface area contributed by atoms with Crippen LogP contribution in [0.25, 0.3) is 0 Å². The van der Waals surface area contributed by atoms with Crippen LogP contribution in [0.5, 0.6) is 5.75 Å². The quantitative estimate of drug-likeness (QED) is 0.786. The third kappa shape index (κ3) is 1.98. The van der Waals surface area contributed by atoms with E-state index >= 15 is 0 Å². The zero-order valence-corrected chi connectivity index (χ0v) is 10.2. The zero-order valence-electron chi connectivity index (χ0n) is 10.2. The first-order chi connectivity index (χ1) is 7.50. The third-order valence-corrected chi connectivity index (χ3v) is 2.91. The Morgan fingerprint density at radius 3 is 2.81 bits per heavy atom. The minimum Gasteiger partial charge on any atom is -0.486 e. The van der Waals surface area contributed by atoms with Crippen LogP contribution < -0.4 is 10.1 Å². The molecule has 1 atom stereocenters. The first kappa shape index (κ1) is 11.2. The summed E-state index contributed by atoms with van der Waals surface area (Å²) >= 11 is 0. The molecule has 0 aliphatic carbocycles. The van der Waals surface area contributed by atoms with Crippen molar-refractivity contribution in [3.05, 3.63) is 42.0 Å². The van der Waals surface area contributed by atoms with E-state index in [4.69, 9.17) is 4.74 Å². The number of fused-ring (bicyclic) bond motifs is 1. The second-order valence-electron chi connectivity index (χ2n) is 5.01. The van der Waals surface area contributed by atoms with Crippen LogP contribution in [0.3, 0.4) is 0 Å². The molecule has 86 valence electrons. The molecule has 0 aromatic heterocycles. The Hall–Kier alpha value is -1.28. The minimum absolute atomic E-state index is 0.195. The van der Waals surface area contributed by atoms with Gasteiger partial charge >= 0.3 is 0 Å². The Bertz CT molecular complexity index is 409. The lowest BCUT2D eigenvalue weighted by molar-refractivity contribution is 0.0978. The molecule has 1 aromatic rings. The van der Waals surface area contributed by atoms with Crippen molar-refractivity contribution in [2.75, 3.05) is 6.54 Å². The second kappa shape index (κ2) is 3.95. The fourth-order valence-corrected chi connectivity index (χ4v) is 2.16. The van der Waals surface area contributed by atoms with E-state index in [2.05, 4.69) is 37.9 Å². The maximum atomic E-state index is 5.95. The fourth-order valence-electron chi connectivity index (χ4n) is 2.16. The number of para-hydroxylation sites is 1. The van der Waals surface area contributed by atoms with Gasteiger partial charge in [0.1, 0.15) is 11.4 Å². The van der Waals surface area contributed by atoms with E-state index in [0.717, 1.165) is 17.9 Å². The molecular weight excluding hydrogens is 198 g/mol. The van der Waals surface area contributed by atoms with Crippen molar-refractivity contribution in [3.63, 3.8) is 0 Å². The molecule has 1 aliphatic heterocycles. The number of hydrogen-bond donors (Lipinski definition) is 1. The fraction of sp³-hybridized carbons (Fsp3) is 0.429. The zero-order chi connectivity index (χ0) is 11.8. The molecule has 0 amide bonds. The summed E-state index contributed by atoms with van der Waals surface area (Å²) in [5.41, 5.74) is 2.19. The van der Waals surface area contributed by atoms with Crippen molar-refractivity contribution in [1.29, 1.82) is 0 Å². The maximum Gasteiger partial charge on any atom is 0.125 e. The van der Waals surface area contributed by atoms with Crippen molar-refractivity contribution in [3.8, 4) is 5.75 Å². The summed E-state index contributed by atoms with van der Waals surface area (Å²) in [4.78, 5) is 0. The van der Waals surface area contributed by atoms with Gasteiger partial charge in [-0.05, 0) is 26.8 Å². The molecule has 1 aliphatic rings. The summed E-state index contributed by atoms with van der Waals surface area (Å²) in [5.74, 6) is 0.992. The molecule has 0 saturated heterocycles. The summed E-state index contributed by atoms with van der Waals surface area (Å²) in [5, 5.41) is 3.50. The summed E-state index contributed by atoms with van der Waals surface area (Å²) in [6, 6.07) is 8.45. The molecule has 2 nitrogen and oxygen atoms in total. The standard InChI is InChI=1S/C14H19NO/c1-10(2)9-15-13-11-7-5-6-8-12(11)16-14(13,3)4/h5-8,13,15H,1,9H2,2-4H3. The monoisotopic (exact) mass is 217 g/mol. The third-order valence-electron chi connectivity index (χ3n) is 2.91. The number of hydrogen-bond acceptors (Lipinski definition) is 2. The van der Waals surface area contributed by atoms with Crippen LogP contribution in [0, 0.1) is 0 Å². The average molecular weight is 217 g/mol. The molecule has 0 radical (unpaired) electrons. The van der Waals surface area contributed by atoms with Gasteiger partial charge in [-0.2, -0.15) is 0 Å². The topological polar surface area (TPSA) is 21.3 Å². The van der Waals surface area contributed by atoms with Gasteiger partial charge in [0, 0.05) is 12.1 Å². The summed E-state index contributed by atoms with van der Waals surface area (Å²) in [6.07, 6.45) is 0. The largest absolute Gasteiger partial charge is 0.486 e. The predicted octanol–water partition coefficient (Wildman–Crippen LogP) is 3.06. The van der Waals surface area contributed by atoms with E-state index < -0.39 is 0 Å². The van der Waals surface area contributed by atoms with Crippen LogP contribution in [0.15, 0.2) is 36.4 Å². The van der Waals surface area contributed by atoms with E-state index in [1.54, 1.807) is 0 Å². The highest BCUT2D eigenvalue weighted by Crippen LogP contribution is 2.42. The van der Waals surface area contributed by atoms with Crippen molar-refractivity contribution in [2.45, 2.75) is 32.4 Å². The SMILES string of the molecule is C=C(C)CNC1c2ccccc2OC1(C)C. The lowest BCUT2D eigenvalue weighted by atomic mass is 9.94. The highest BCUT2D eigenvalue weighted by molar-refractivity contribution is 5.42. The first-order valence-electron chi connectivity index (χ1n) is 5.66. The number of rotatable bonds is 3. The lowest BCUT2D eigenvalue weighted by Gasteiger charge is -2.27. The van der Waals surface area contributed by atoms with E-state index in [1.807, 2.05) is 19.1 Å². The van der Waals surface area contributed by atoms with Crippen LogP contribution in [-0.4, -0.2) is 12.1 Å². The minimum atomic E-state index is -0.195. The van der Waals surface area contributed by atoms with E-state index in [1.165, 1.54) is 5.56 Å². The number of ether oxygens (including phenoxy) is 1. The molecule has 1 aromatic carbocycles. The molecule has 1 unspecified atom stereocenters. The van der Waals surface area contributed by atoms with Crippen molar-refractivity contribution < 1.29 is 4.74 Å². The number of nitrogens with one attached hydrogen (secondary N) is 1. The van der Waals surface area contributed by atoms with E-state index in [-0.39, 0.29) is 11.6 Å². The van der Waals surface area contributed by atoms with Crippen molar-refractivity contribution in [1.82, 2.24) is 5.32 Å². The van der Waals surface area contributed by atoms with Gasteiger partial charge in [0.05, 0.1) is 6.04 Å². The molecule has 0 fully saturated rings. The van der Waals surface area contributed by atoms with Crippen molar-refractivity contribution >= 4 is 0 Å². The van der Waals surface area contributed by atoms with Gasteiger partial charge in [0.2, 0.25) is 0 Å². The molecule has 1 N–H and O–H groups in total. The van der Waals surface area contributed by atoms with Gasteiger partial charge in [-0.25, -0.2) is 0 Å². The van der Waals surface area contributed by atoms with Crippen molar-refractivity contribution in [2.24, 2.45) is 0 Å². The van der Waals surface area contributed by atoms with Crippen LogP contribution in [-0.2, 0) is 0 Å². The smallest absolute Gasteiger partial charge is 0.125 e. The lowest BCUT2D eigenvalue weighted by Crippen LogP contribution is -2.39. The summed E-state index contributed by atoms with van der Waals surface area (Å²) < 4.78 is 5.95. The van der Waals surface area contributed by atoms with Gasteiger partial charge in [-0.3, -0.25) is 0 Å². The van der Waals surface area contributed by atoms with Gasteiger partial charge in [0.15, 0.2) is 0 Å². The summed E-state index contributed by atoms with van der Waals surface area (Å²) in [7, 11) is 0.